The zero-order valence-electron chi connectivity index (χ0n) is 24.6. The number of allylic oxidation sites excluding steroid dienone is 10. The number of likely N-dealkylation sites (N-methyl/N-ethyl adjacent to an activating group) is 1. The Morgan fingerprint density at radius 2 is 1.41 bits per heavy atom. The van der Waals surface area contributed by atoms with Crippen LogP contribution in [0.3, 0.4) is 0 Å². The van der Waals surface area contributed by atoms with Crippen molar-refractivity contribution in [2.45, 2.75) is 78.2 Å². The molecule has 0 aliphatic carbocycles. The van der Waals surface area contributed by atoms with Crippen molar-refractivity contribution in [3.63, 3.8) is 0 Å². The van der Waals surface area contributed by atoms with Gasteiger partial charge in [-0.25, -0.2) is 0 Å². The molecule has 1 aromatic heterocycles. The first-order valence-corrected chi connectivity index (χ1v) is 14.5. The Balaban J connectivity index is 1.99. The second-order valence-electron chi connectivity index (χ2n) is 9.78. The summed E-state index contributed by atoms with van der Waals surface area (Å²) in [6.45, 7) is 8.77. The first kappa shape index (κ1) is 33.8. The number of carbonyl (C=O) groups excluding carboxylic acids is 2. The van der Waals surface area contributed by atoms with Crippen molar-refractivity contribution < 1.29 is 9.59 Å². The second kappa shape index (κ2) is 22.8. The Hall–Kier alpha value is -3.19. The van der Waals surface area contributed by atoms with E-state index in [1.54, 1.807) is 10.7 Å². The summed E-state index contributed by atoms with van der Waals surface area (Å²) < 4.78 is 1.77. The predicted octanol–water partition coefficient (Wildman–Crippen LogP) is 6.16. The van der Waals surface area contributed by atoms with E-state index in [0.717, 1.165) is 51.5 Å². The van der Waals surface area contributed by atoms with Crippen LogP contribution in [0.1, 0.15) is 88.7 Å². The first-order chi connectivity index (χ1) is 18.9. The second-order valence-corrected chi connectivity index (χ2v) is 9.78. The van der Waals surface area contributed by atoms with Gasteiger partial charge in [0.25, 0.3) is 5.91 Å². The number of rotatable bonds is 21. The molecule has 0 unspecified atom stereocenters. The van der Waals surface area contributed by atoms with Gasteiger partial charge in [-0.15, -0.1) is 0 Å². The lowest BCUT2D eigenvalue weighted by Crippen LogP contribution is -2.37. The highest BCUT2D eigenvalue weighted by Crippen LogP contribution is 2.04. The van der Waals surface area contributed by atoms with Crippen LogP contribution >= 0.6 is 0 Å². The number of aromatic nitrogens is 2. The highest BCUT2D eigenvalue weighted by Gasteiger charge is 2.10. The van der Waals surface area contributed by atoms with Gasteiger partial charge in [-0.05, 0) is 71.9 Å². The molecule has 0 atom stereocenters. The maximum Gasteiger partial charge on any atom is 0.271 e. The molecule has 0 radical (unpaired) electrons. The summed E-state index contributed by atoms with van der Waals surface area (Å²) in [7, 11) is 1.98. The molecule has 1 rings (SSSR count). The van der Waals surface area contributed by atoms with Gasteiger partial charge >= 0.3 is 0 Å². The predicted molar refractivity (Wildman–Crippen MR) is 164 cm³/mol. The van der Waals surface area contributed by atoms with E-state index >= 15 is 0 Å². The topological polar surface area (TPSA) is 79.3 Å². The molecule has 0 aliphatic heterocycles. The van der Waals surface area contributed by atoms with Crippen molar-refractivity contribution in [3.8, 4) is 0 Å². The molecule has 2 N–H and O–H groups in total. The Morgan fingerprint density at radius 3 is 1.95 bits per heavy atom. The largest absolute Gasteiger partial charge is 0.355 e. The van der Waals surface area contributed by atoms with E-state index in [-0.39, 0.29) is 17.9 Å². The number of hydrogen-bond donors (Lipinski definition) is 2. The van der Waals surface area contributed by atoms with Gasteiger partial charge in [0.1, 0.15) is 5.69 Å². The molecule has 0 aliphatic rings. The number of nitrogens with one attached hydrogen (secondary N) is 2. The SMILES string of the molecule is CC/C=C\C/C=C\C/C=C\C/C=C\C/C=C\CCCC(=O)NCCN(C)CCNC(=O)c1ccn(C(C)C)n1. The van der Waals surface area contributed by atoms with E-state index in [0.29, 0.717) is 31.7 Å². The number of nitrogens with zero attached hydrogens (tertiary/aromatic N) is 3. The third-order valence-corrected chi connectivity index (χ3v) is 5.90. The molecule has 0 spiro atoms. The molecule has 0 saturated carbocycles. The summed E-state index contributed by atoms with van der Waals surface area (Å²) >= 11 is 0. The van der Waals surface area contributed by atoms with E-state index in [9.17, 15) is 9.59 Å². The lowest BCUT2D eigenvalue weighted by Gasteiger charge is -2.17. The monoisotopic (exact) mass is 537 g/mol. The fourth-order valence-corrected chi connectivity index (χ4v) is 3.53. The Labute approximate surface area is 236 Å². The number of amides is 2. The standard InChI is InChI=1S/C32H51N5O2/c1-5-6-7-8-9-10-11-12-13-14-15-16-17-18-19-20-21-22-31(38)33-24-27-36(4)28-25-34-32(39)30-23-26-37(35-30)29(2)3/h6-7,9-10,12-13,15-16,18-19,23,26,29H,5,8,11,14,17,20-22,24-25,27-28H2,1-4H3,(H,33,38)(H,34,39)/b7-6-,10-9-,13-12-,16-15-,19-18-. The summed E-state index contributed by atoms with van der Waals surface area (Å²) in [6, 6.07) is 1.96. The Kier molecular flexibility index (Phi) is 19.8. The lowest BCUT2D eigenvalue weighted by molar-refractivity contribution is -0.121. The zero-order chi connectivity index (χ0) is 28.6. The summed E-state index contributed by atoms with van der Waals surface area (Å²) in [5.41, 5.74) is 0.434. The van der Waals surface area contributed by atoms with E-state index < -0.39 is 0 Å². The van der Waals surface area contributed by atoms with Gasteiger partial charge in [0.15, 0.2) is 0 Å². The maximum atomic E-state index is 12.2. The molecule has 216 valence electrons. The third-order valence-electron chi connectivity index (χ3n) is 5.90. The van der Waals surface area contributed by atoms with E-state index in [1.807, 2.05) is 27.1 Å². The lowest BCUT2D eigenvalue weighted by atomic mass is 10.2. The molecular formula is C32H51N5O2. The van der Waals surface area contributed by atoms with Crippen LogP contribution in [0.15, 0.2) is 73.0 Å². The van der Waals surface area contributed by atoms with Gasteiger partial charge in [0, 0.05) is 44.8 Å². The molecule has 39 heavy (non-hydrogen) atoms. The number of unbranched alkanes of at least 4 members (excludes halogenated alkanes) is 1. The minimum absolute atomic E-state index is 0.0878. The van der Waals surface area contributed by atoms with Crippen LogP contribution in [0.5, 0.6) is 0 Å². The smallest absolute Gasteiger partial charge is 0.271 e. The zero-order valence-corrected chi connectivity index (χ0v) is 24.6. The molecule has 0 fully saturated rings. The van der Waals surface area contributed by atoms with Gasteiger partial charge in [0.05, 0.1) is 0 Å². The minimum Gasteiger partial charge on any atom is -0.355 e. The summed E-state index contributed by atoms with van der Waals surface area (Å²) in [5.74, 6) is -0.0755. The third kappa shape index (κ3) is 18.7. The summed E-state index contributed by atoms with van der Waals surface area (Å²) in [4.78, 5) is 26.3. The molecule has 2 amide bonds. The van der Waals surface area contributed by atoms with Crippen LogP contribution in [-0.4, -0.2) is 59.7 Å². The van der Waals surface area contributed by atoms with Crippen LogP contribution in [0, 0.1) is 0 Å². The molecular weight excluding hydrogens is 486 g/mol. The maximum absolute atomic E-state index is 12.2. The minimum atomic E-state index is -0.163. The number of carbonyl (C=O) groups is 2. The quantitative estimate of drug-likeness (QED) is 0.145. The highest BCUT2D eigenvalue weighted by atomic mass is 16.2. The normalized spacial score (nSPS) is 12.5. The van der Waals surface area contributed by atoms with Crippen LogP contribution in [-0.2, 0) is 4.79 Å². The van der Waals surface area contributed by atoms with Gasteiger partial charge in [-0.2, -0.15) is 5.10 Å². The molecule has 0 aromatic carbocycles. The summed E-state index contributed by atoms with van der Waals surface area (Å²) in [5, 5.41) is 10.2. The van der Waals surface area contributed by atoms with Crippen molar-refractivity contribution in [1.29, 1.82) is 0 Å². The molecule has 7 heteroatoms. The molecule has 0 bridgehead atoms. The van der Waals surface area contributed by atoms with Crippen LogP contribution in [0.25, 0.3) is 0 Å². The van der Waals surface area contributed by atoms with E-state index in [1.165, 1.54) is 0 Å². The molecule has 1 heterocycles. The average molecular weight is 538 g/mol. The van der Waals surface area contributed by atoms with Gasteiger partial charge in [0.2, 0.25) is 5.91 Å². The fourth-order valence-electron chi connectivity index (χ4n) is 3.53. The van der Waals surface area contributed by atoms with Gasteiger partial charge < -0.3 is 15.5 Å². The van der Waals surface area contributed by atoms with Crippen LogP contribution < -0.4 is 10.6 Å². The number of hydrogen-bond acceptors (Lipinski definition) is 4. The van der Waals surface area contributed by atoms with Crippen LogP contribution in [0.2, 0.25) is 0 Å². The van der Waals surface area contributed by atoms with Gasteiger partial charge in [-0.3, -0.25) is 14.3 Å². The average Bonchev–Trinajstić information content (AvgIpc) is 3.41. The van der Waals surface area contributed by atoms with Crippen molar-refractivity contribution in [2.24, 2.45) is 0 Å². The van der Waals surface area contributed by atoms with Crippen LogP contribution in [0.4, 0.5) is 0 Å². The Morgan fingerprint density at radius 1 is 0.872 bits per heavy atom. The van der Waals surface area contributed by atoms with Crippen molar-refractivity contribution in [3.05, 3.63) is 78.7 Å². The van der Waals surface area contributed by atoms with E-state index in [4.69, 9.17) is 0 Å². The molecule has 0 saturated heterocycles. The highest BCUT2D eigenvalue weighted by molar-refractivity contribution is 5.92. The van der Waals surface area contributed by atoms with Crippen molar-refractivity contribution >= 4 is 11.8 Å². The fraction of sp³-hybridized carbons (Fsp3) is 0.531. The summed E-state index contributed by atoms with van der Waals surface area (Å²) in [6.07, 6.45) is 31.0. The van der Waals surface area contributed by atoms with Crippen molar-refractivity contribution in [2.75, 3.05) is 33.2 Å². The van der Waals surface area contributed by atoms with Crippen molar-refractivity contribution in [1.82, 2.24) is 25.3 Å². The molecule has 1 aromatic rings. The Bertz CT molecular complexity index is 940. The van der Waals surface area contributed by atoms with Gasteiger partial charge in [-0.1, -0.05) is 67.7 Å². The van der Waals surface area contributed by atoms with E-state index in [2.05, 4.69) is 88.3 Å². The molecule has 7 nitrogen and oxygen atoms in total. The first-order valence-electron chi connectivity index (χ1n) is 14.5.